The summed E-state index contributed by atoms with van der Waals surface area (Å²) in [6.07, 6.45) is 2.47. The van der Waals surface area contributed by atoms with Gasteiger partial charge in [0.15, 0.2) is 0 Å². The molecule has 2 saturated heterocycles. The zero-order valence-electron chi connectivity index (χ0n) is 18.7. The Labute approximate surface area is 198 Å². The lowest BCUT2D eigenvalue weighted by molar-refractivity contribution is -0.156. The molecule has 1 spiro atoms. The van der Waals surface area contributed by atoms with E-state index in [2.05, 4.69) is 22.6 Å². The summed E-state index contributed by atoms with van der Waals surface area (Å²) in [5.74, 6) is 0.299. The highest BCUT2D eigenvalue weighted by Crippen LogP contribution is 2.49. The fourth-order valence-electron chi connectivity index (χ4n) is 5.60. The van der Waals surface area contributed by atoms with Crippen molar-refractivity contribution in [1.82, 2.24) is 10.2 Å². The third-order valence-electron chi connectivity index (χ3n) is 7.50. The SMILES string of the molecule is C[C@]1(C(=O)N2CCC3(CC2)CC(=O)NC[C@@H]3c2ccccc2)CC(c2ccccc2Cl)=NO1. The van der Waals surface area contributed by atoms with Crippen LogP contribution in [0, 0.1) is 5.41 Å². The standard InChI is InChI=1S/C26H28ClN3O3/c1-25(15-22(29-33-25)19-9-5-6-10-21(19)27)24(32)30-13-11-26(12-14-30)16-23(31)28-17-20(26)18-7-3-2-4-8-18/h2-10,20H,11-17H2,1H3,(H,28,31)/t20-,25-/m1/s1. The van der Waals surface area contributed by atoms with Gasteiger partial charge in [-0.2, -0.15) is 0 Å². The van der Waals surface area contributed by atoms with Crippen LogP contribution in [0.4, 0.5) is 0 Å². The van der Waals surface area contributed by atoms with Gasteiger partial charge in [0.2, 0.25) is 11.5 Å². The molecule has 3 aliphatic heterocycles. The van der Waals surface area contributed by atoms with E-state index in [9.17, 15) is 9.59 Å². The molecule has 1 N–H and O–H groups in total. The van der Waals surface area contributed by atoms with E-state index in [0.717, 1.165) is 18.4 Å². The van der Waals surface area contributed by atoms with Crippen molar-refractivity contribution in [3.63, 3.8) is 0 Å². The molecule has 2 fully saturated rings. The largest absolute Gasteiger partial charge is 0.379 e. The van der Waals surface area contributed by atoms with E-state index < -0.39 is 5.60 Å². The first kappa shape index (κ1) is 22.0. The van der Waals surface area contributed by atoms with Gasteiger partial charge in [-0.1, -0.05) is 65.3 Å². The summed E-state index contributed by atoms with van der Waals surface area (Å²) < 4.78 is 0. The van der Waals surface area contributed by atoms with Crippen LogP contribution in [0.3, 0.4) is 0 Å². The number of nitrogens with zero attached hydrogens (tertiary/aromatic N) is 2. The lowest BCUT2D eigenvalue weighted by Gasteiger charge is -2.49. The highest BCUT2D eigenvalue weighted by Gasteiger charge is 2.50. The molecule has 0 radical (unpaired) electrons. The number of rotatable bonds is 3. The molecule has 172 valence electrons. The monoisotopic (exact) mass is 465 g/mol. The molecule has 2 aromatic carbocycles. The van der Waals surface area contributed by atoms with Gasteiger partial charge in [0.1, 0.15) is 0 Å². The van der Waals surface area contributed by atoms with E-state index in [4.69, 9.17) is 16.4 Å². The van der Waals surface area contributed by atoms with E-state index in [1.54, 1.807) is 6.92 Å². The average Bonchev–Trinajstić information content (AvgIpc) is 3.23. The van der Waals surface area contributed by atoms with Gasteiger partial charge in [-0.15, -0.1) is 0 Å². The Hall–Kier alpha value is -2.86. The number of benzene rings is 2. The number of carbonyl (C=O) groups excluding carboxylic acids is 2. The van der Waals surface area contributed by atoms with Crippen molar-refractivity contribution in [3.8, 4) is 0 Å². The summed E-state index contributed by atoms with van der Waals surface area (Å²) in [7, 11) is 0. The fraction of sp³-hybridized carbons (Fsp3) is 0.423. The number of halogens is 1. The van der Waals surface area contributed by atoms with Crippen LogP contribution in [0.1, 0.15) is 49.7 Å². The highest BCUT2D eigenvalue weighted by molar-refractivity contribution is 6.34. The predicted octanol–water partition coefficient (Wildman–Crippen LogP) is 4.14. The minimum absolute atomic E-state index is 0.0559. The first-order valence-electron chi connectivity index (χ1n) is 11.5. The Morgan fingerprint density at radius 2 is 1.79 bits per heavy atom. The Morgan fingerprint density at radius 3 is 2.52 bits per heavy atom. The molecule has 33 heavy (non-hydrogen) atoms. The van der Waals surface area contributed by atoms with Crippen molar-refractivity contribution in [2.75, 3.05) is 19.6 Å². The van der Waals surface area contributed by atoms with Gasteiger partial charge in [-0.05, 0) is 36.8 Å². The van der Waals surface area contributed by atoms with Crippen LogP contribution in [0.5, 0.6) is 0 Å². The fourth-order valence-corrected chi connectivity index (χ4v) is 5.85. The number of carbonyl (C=O) groups is 2. The minimum Gasteiger partial charge on any atom is -0.379 e. The number of hydrogen-bond donors (Lipinski definition) is 1. The number of nitrogens with one attached hydrogen (secondary N) is 1. The molecule has 5 rings (SSSR count). The maximum atomic E-state index is 13.5. The summed E-state index contributed by atoms with van der Waals surface area (Å²) in [5.41, 5.74) is 1.57. The summed E-state index contributed by atoms with van der Waals surface area (Å²) >= 11 is 6.32. The molecule has 2 amide bonds. The molecule has 2 aromatic rings. The Bertz CT molecular complexity index is 1090. The van der Waals surface area contributed by atoms with Gasteiger partial charge in [-0.25, -0.2) is 0 Å². The maximum absolute atomic E-state index is 13.5. The van der Waals surface area contributed by atoms with Crippen LogP contribution in [-0.2, 0) is 14.4 Å². The van der Waals surface area contributed by atoms with Crippen LogP contribution in [0.2, 0.25) is 5.02 Å². The summed E-state index contributed by atoms with van der Waals surface area (Å²) in [6.45, 7) is 3.66. The predicted molar refractivity (Wildman–Crippen MR) is 127 cm³/mol. The van der Waals surface area contributed by atoms with E-state index >= 15 is 0 Å². The molecule has 0 unspecified atom stereocenters. The van der Waals surface area contributed by atoms with Crippen LogP contribution in [-0.4, -0.2) is 47.7 Å². The Morgan fingerprint density at radius 1 is 1.09 bits per heavy atom. The summed E-state index contributed by atoms with van der Waals surface area (Å²) in [5, 5.41) is 7.86. The summed E-state index contributed by atoms with van der Waals surface area (Å²) in [4.78, 5) is 33.4. The molecular formula is C26H28ClN3O3. The van der Waals surface area contributed by atoms with E-state index in [1.807, 2.05) is 47.4 Å². The lowest BCUT2D eigenvalue weighted by atomic mass is 9.62. The third kappa shape index (κ3) is 4.01. The quantitative estimate of drug-likeness (QED) is 0.740. The molecule has 3 aliphatic rings. The number of piperidine rings is 2. The van der Waals surface area contributed by atoms with E-state index in [0.29, 0.717) is 43.2 Å². The van der Waals surface area contributed by atoms with Crippen LogP contribution < -0.4 is 5.32 Å². The van der Waals surface area contributed by atoms with Gasteiger partial charge in [0.25, 0.3) is 5.91 Å². The molecule has 0 saturated carbocycles. The molecule has 0 aliphatic carbocycles. The normalized spacial score (nSPS) is 26.5. The van der Waals surface area contributed by atoms with Crippen LogP contribution >= 0.6 is 11.6 Å². The van der Waals surface area contributed by atoms with Crippen molar-refractivity contribution in [3.05, 3.63) is 70.7 Å². The zero-order chi connectivity index (χ0) is 23.1. The topological polar surface area (TPSA) is 71.0 Å². The minimum atomic E-state index is -1.04. The molecule has 0 aromatic heterocycles. The van der Waals surface area contributed by atoms with Gasteiger partial charge >= 0.3 is 0 Å². The second-order valence-electron chi connectivity index (χ2n) is 9.62. The summed E-state index contributed by atoms with van der Waals surface area (Å²) in [6, 6.07) is 17.9. The maximum Gasteiger partial charge on any atom is 0.269 e. The van der Waals surface area contributed by atoms with Crippen molar-refractivity contribution in [1.29, 1.82) is 0 Å². The van der Waals surface area contributed by atoms with Crippen LogP contribution in [0.15, 0.2) is 59.8 Å². The van der Waals surface area contributed by atoms with Crippen molar-refractivity contribution in [2.45, 2.75) is 44.1 Å². The lowest BCUT2D eigenvalue weighted by Crippen LogP contribution is -2.56. The van der Waals surface area contributed by atoms with Gasteiger partial charge in [0.05, 0.1) is 5.71 Å². The van der Waals surface area contributed by atoms with Crippen molar-refractivity contribution >= 4 is 29.1 Å². The number of hydrogen-bond acceptors (Lipinski definition) is 4. The molecule has 2 atom stereocenters. The van der Waals surface area contributed by atoms with Crippen molar-refractivity contribution in [2.24, 2.45) is 10.6 Å². The smallest absolute Gasteiger partial charge is 0.269 e. The Kier molecular flexibility index (Phi) is 5.65. The molecule has 0 bridgehead atoms. The molecule has 6 nitrogen and oxygen atoms in total. The second-order valence-corrected chi connectivity index (χ2v) is 10.0. The number of likely N-dealkylation sites (tertiary alicyclic amines) is 1. The van der Waals surface area contributed by atoms with Crippen LogP contribution in [0.25, 0.3) is 0 Å². The van der Waals surface area contributed by atoms with E-state index in [1.165, 1.54) is 5.56 Å². The Balaban J connectivity index is 1.29. The first-order chi connectivity index (χ1) is 15.9. The second kappa shape index (κ2) is 8.49. The number of oxime groups is 1. The van der Waals surface area contributed by atoms with Gasteiger partial charge in [-0.3, -0.25) is 9.59 Å². The third-order valence-corrected chi connectivity index (χ3v) is 7.83. The molecule has 3 heterocycles. The van der Waals surface area contributed by atoms with Gasteiger partial charge in [0, 0.05) is 49.0 Å². The highest BCUT2D eigenvalue weighted by atomic mass is 35.5. The van der Waals surface area contributed by atoms with Crippen molar-refractivity contribution < 1.29 is 14.4 Å². The first-order valence-corrected chi connectivity index (χ1v) is 11.9. The van der Waals surface area contributed by atoms with E-state index in [-0.39, 0.29) is 23.1 Å². The zero-order valence-corrected chi connectivity index (χ0v) is 19.5. The average molecular weight is 466 g/mol. The molecular weight excluding hydrogens is 438 g/mol. The molecule has 7 heteroatoms. The number of amides is 2. The van der Waals surface area contributed by atoms with Gasteiger partial charge < -0.3 is 15.1 Å².